The fraction of sp³-hybridized carbons (Fsp3) is 0.667. The van der Waals surface area contributed by atoms with Crippen LogP contribution in [0.25, 0.3) is 0 Å². The van der Waals surface area contributed by atoms with Crippen LogP contribution < -0.4 is 10.1 Å². The molecule has 0 amide bonds. The van der Waals surface area contributed by atoms with Crippen molar-refractivity contribution in [1.29, 1.82) is 0 Å². The molecule has 2 rings (SSSR count). The SMILES string of the molecule is CCCCN(C)C(=NC)NCC1CCN(Cc2ccc(OC)cc2)CC1.I. The van der Waals surface area contributed by atoms with Crippen molar-refractivity contribution >= 4 is 29.9 Å². The van der Waals surface area contributed by atoms with Crippen LogP contribution in [0.2, 0.25) is 0 Å². The van der Waals surface area contributed by atoms with Crippen LogP contribution in [0.15, 0.2) is 29.3 Å². The minimum Gasteiger partial charge on any atom is -0.497 e. The number of piperidine rings is 1. The largest absolute Gasteiger partial charge is 0.497 e. The van der Waals surface area contributed by atoms with Gasteiger partial charge in [0.2, 0.25) is 0 Å². The molecule has 154 valence electrons. The van der Waals surface area contributed by atoms with Gasteiger partial charge in [0.1, 0.15) is 5.75 Å². The molecular formula is C21H37IN4O. The molecule has 6 heteroatoms. The highest BCUT2D eigenvalue weighted by molar-refractivity contribution is 14.0. The average Bonchev–Trinajstić information content (AvgIpc) is 2.68. The van der Waals surface area contributed by atoms with Crippen LogP contribution in [0.3, 0.4) is 0 Å². The van der Waals surface area contributed by atoms with E-state index in [2.05, 4.69) is 46.2 Å². The van der Waals surface area contributed by atoms with E-state index in [0.717, 1.165) is 37.3 Å². The summed E-state index contributed by atoms with van der Waals surface area (Å²) in [6.07, 6.45) is 4.92. The topological polar surface area (TPSA) is 40.1 Å². The van der Waals surface area contributed by atoms with Crippen LogP contribution in [0.4, 0.5) is 0 Å². The third-order valence-corrected chi connectivity index (χ3v) is 5.24. The predicted molar refractivity (Wildman–Crippen MR) is 125 cm³/mol. The molecule has 0 saturated carbocycles. The first kappa shape index (κ1) is 24.0. The third kappa shape index (κ3) is 8.25. The first-order valence-corrected chi connectivity index (χ1v) is 9.93. The highest BCUT2D eigenvalue weighted by Gasteiger charge is 2.20. The Kier molecular flexibility index (Phi) is 11.7. The van der Waals surface area contributed by atoms with Crippen molar-refractivity contribution in [2.75, 3.05) is 47.4 Å². The fourth-order valence-corrected chi connectivity index (χ4v) is 3.46. The van der Waals surface area contributed by atoms with Gasteiger partial charge >= 0.3 is 0 Å². The maximum absolute atomic E-state index is 5.23. The molecule has 1 aromatic rings. The van der Waals surface area contributed by atoms with E-state index in [9.17, 15) is 0 Å². The van der Waals surface area contributed by atoms with Gasteiger partial charge in [-0.3, -0.25) is 9.89 Å². The maximum atomic E-state index is 5.23. The number of likely N-dealkylation sites (tertiary alicyclic amines) is 1. The van der Waals surface area contributed by atoms with Gasteiger partial charge in [0.25, 0.3) is 0 Å². The third-order valence-electron chi connectivity index (χ3n) is 5.24. The van der Waals surface area contributed by atoms with Crippen molar-refractivity contribution in [3.63, 3.8) is 0 Å². The van der Waals surface area contributed by atoms with Gasteiger partial charge in [0.05, 0.1) is 7.11 Å². The molecule has 1 fully saturated rings. The molecule has 1 aromatic carbocycles. The minimum absolute atomic E-state index is 0. The lowest BCUT2D eigenvalue weighted by Crippen LogP contribution is -2.43. The zero-order valence-electron chi connectivity index (χ0n) is 17.4. The van der Waals surface area contributed by atoms with Crippen molar-refractivity contribution in [1.82, 2.24) is 15.1 Å². The number of rotatable bonds is 8. The molecule has 5 nitrogen and oxygen atoms in total. The monoisotopic (exact) mass is 488 g/mol. The number of halogens is 1. The van der Waals surface area contributed by atoms with Crippen molar-refractivity contribution in [2.24, 2.45) is 10.9 Å². The van der Waals surface area contributed by atoms with Crippen LogP contribution in [-0.4, -0.2) is 63.1 Å². The molecule has 1 saturated heterocycles. The first-order valence-electron chi connectivity index (χ1n) is 9.93. The molecule has 0 unspecified atom stereocenters. The van der Waals surface area contributed by atoms with E-state index in [0.29, 0.717) is 0 Å². The Balaban J connectivity index is 0.00000364. The van der Waals surface area contributed by atoms with E-state index in [1.165, 1.54) is 44.3 Å². The lowest BCUT2D eigenvalue weighted by molar-refractivity contribution is 0.177. The van der Waals surface area contributed by atoms with Crippen LogP contribution in [-0.2, 0) is 6.54 Å². The summed E-state index contributed by atoms with van der Waals surface area (Å²) in [7, 11) is 5.72. The van der Waals surface area contributed by atoms with E-state index in [4.69, 9.17) is 4.74 Å². The summed E-state index contributed by atoms with van der Waals surface area (Å²) >= 11 is 0. The van der Waals surface area contributed by atoms with Crippen molar-refractivity contribution < 1.29 is 4.74 Å². The molecule has 0 radical (unpaired) electrons. The zero-order valence-corrected chi connectivity index (χ0v) is 19.7. The number of unbranched alkanes of at least 4 members (excludes halogenated alkanes) is 1. The number of hydrogen-bond acceptors (Lipinski definition) is 3. The summed E-state index contributed by atoms with van der Waals surface area (Å²) in [5.41, 5.74) is 1.36. The Hall–Kier alpha value is -1.02. The fourth-order valence-electron chi connectivity index (χ4n) is 3.46. The molecule has 1 aliphatic heterocycles. The molecule has 1 N–H and O–H groups in total. The summed E-state index contributed by atoms with van der Waals surface area (Å²) in [5.74, 6) is 2.69. The minimum atomic E-state index is 0. The van der Waals surface area contributed by atoms with Crippen LogP contribution >= 0.6 is 24.0 Å². The summed E-state index contributed by atoms with van der Waals surface area (Å²) in [6, 6.07) is 8.44. The van der Waals surface area contributed by atoms with Gasteiger partial charge in [-0.05, 0) is 56.0 Å². The predicted octanol–water partition coefficient (Wildman–Crippen LogP) is 3.83. The number of hydrogen-bond donors (Lipinski definition) is 1. The van der Waals surface area contributed by atoms with E-state index in [-0.39, 0.29) is 24.0 Å². The van der Waals surface area contributed by atoms with E-state index >= 15 is 0 Å². The molecule has 0 spiro atoms. The molecule has 0 bridgehead atoms. The number of methoxy groups -OCH3 is 1. The number of nitrogens with one attached hydrogen (secondary N) is 1. The summed E-state index contributed by atoms with van der Waals surface area (Å²) in [6.45, 7) is 7.69. The zero-order chi connectivity index (χ0) is 18.8. The molecule has 0 aliphatic carbocycles. The Morgan fingerprint density at radius 3 is 2.48 bits per heavy atom. The highest BCUT2D eigenvalue weighted by Crippen LogP contribution is 2.19. The molecular weight excluding hydrogens is 451 g/mol. The van der Waals surface area contributed by atoms with E-state index < -0.39 is 0 Å². The average molecular weight is 488 g/mol. The van der Waals surface area contributed by atoms with E-state index in [1.54, 1.807) is 7.11 Å². The van der Waals surface area contributed by atoms with Gasteiger partial charge in [0, 0.05) is 33.7 Å². The van der Waals surface area contributed by atoms with Crippen molar-refractivity contribution in [3.8, 4) is 5.75 Å². The van der Waals surface area contributed by atoms with Crippen molar-refractivity contribution in [2.45, 2.75) is 39.2 Å². The number of ether oxygens (including phenoxy) is 1. The van der Waals surface area contributed by atoms with Gasteiger partial charge in [-0.15, -0.1) is 24.0 Å². The normalized spacial score (nSPS) is 15.9. The Morgan fingerprint density at radius 2 is 1.93 bits per heavy atom. The highest BCUT2D eigenvalue weighted by atomic mass is 127. The second-order valence-electron chi connectivity index (χ2n) is 7.27. The van der Waals surface area contributed by atoms with E-state index in [1.807, 2.05) is 19.2 Å². The second kappa shape index (κ2) is 13.2. The van der Waals surface area contributed by atoms with Gasteiger partial charge in [-0.2, -0.15) is 0 Å². The Labute approximate surface area is 182 Å². The first-order chi connectivity index (χ1) is 12.7. The summed E-state index contributed by atoms with van der Waals surface area (Å²) in [5, 5.41) is 3.57. The molecule has 0 aromatic heterocycles. The molecule has 27 heavy (non-hydrogen) atoms. The van der Waals surface area contributed by atoms with Crippen LogP contribution in [0.5, 0.6) is 5.75 Å². The van der Waals surface area contributed by atoms with Gasteiger partial charge in [-0.25, -0.2) is 0 Å². The lowest BCUT2D eigenvalue weighted by atomic mass is 9.96. The number of guanidine groups is 1. The van der Waals surface area contributed by atoms with Gasteiger partial charge in [-0.1, -0.05) is 25.5 Å². The Morgan fingerprint density at radius 1 is 1.26 bits per heavy atom. The molecule has 1 heterocycles. The maximum Gasteiger partial charge on any atom is 0.193 e. The Bertz CT molecular complexity index is 542. The number of aliphatic imine (C=N–C) groups is 1. The standard InChI is InChI=1S/C21H36N4O.HI/c1-5-6-13-24(3)21(22-2)23-16-18-11-14-25(15-12-18)17-19-7-9-20(26-4)10-8-19;/h7-10,18H,5-6,11-17H2,1-4H3,(H,22,23);1H. The van der Waals surface area contributed by atoms with Crippen LogP contribution in [0, 0.1) is 5.92 Å². The molecule has 0 atom stereocenters. The van der Waals surface area contributed by atoms with Crippen molar-refractivity contribution in [3.05, 3.63) is 29.8 Å². The summed E-state index contributed by atoms with van der Waals surface area (Å²) < 4.78 is 5.23. The molecule has 1 aliphatic rings. The summed E-state index contributed by atoms with van der Waals surface area (Å²) in [4.78, 5) is 9.22. The second-order valence-corrected chi connectivity index (χ2v) is 7.27. The van der Waals surface area contributed by atoms with Gasteiger partial charge in [0.15, 0.2) is 5.96 Å². The number of benzene rings is 1. The smallest absolute Gasteiger partial charge is 0.193 e. The van der Waals surface area contributed by atoms with Gasteiger partial charge < -0.3 is 15.0 Å². The van der Waals surface area contributed by atoms with Crippen LogP contribution in [0.1, 0.15) is 38.2 Å². The quantitative estimate of drug-likeness (QED) is 0.343. The lowest BCUT2D eigenvalue weighted by Gasteiger charge is -2.33. The number of nitrogens with zero attached hydrogens (tertiary/aromatic N) is 3.